The maximum absolute atomic E-state index is 10.6. The summed E-state index contributed by atoms with van der Waals surface area (Å²) in [5, 5.41) is 25.2. The molecule has 9 heteroatoms. The summed E-state index contributed by atoms with van der Waals surface area (Å²) in [5.74, 6) is -1.16. The normalized spacial score (nSPS) is 10.1. The van der Waals surface area contributed by atoms with Gasteiger partial charge in [-0.3, -0.25) is 0 Å². The summed E-state index contributed by atoms with van der Waals surface area (Å²) < 4.78 is 5.75. The Kier molecular flexibility index (Phi) is 2.27. The van der Waals surface area contributed by atoms with Gasteiger partial charge >= 0.3 is 5.97 Å². The molecule has 0 saturated carbocycles. The predicted octanol–water partition coefficient (Wildman–Crippen LogP) is -0.571. The smallest absolute Gasteiger partial charge is 0.362 e. The first-order valence-corrected chi connectivity index (χ1v) is 3.91. The molecule has 2 heterocycles. The number of carboxylic acid groups (broad SMARTS) is 1. The number of nitrogens with one attached hydrogen (secondary N) is 1. The Morgan fingerprint density at radius 2 is 2.47 bits per heavy atom. The summed E-state index contributed by atoms with van der Waals surface area (Å²) in [7, 11) is 0. The second-order valence-corrected chi connectivity index (χ2v) is 2.54. The number of anilines is 1. The fraction of sp³-hybridized carbons (Fsp3) is 0.167. The van der Waals surface area contributed by atoms with Crippen molar-refractivity contribution < 1.29 is 14.5 Å². The van der Waals surface area contributed by atoms with E-state index >= 15 is 0 Å². The van der Waals surface area contributed by atoms with Crippen molar-refractivity contribution in [3.8, 4) is 0 Å². The van der Waals surface area contributed by atoms with Gasteiger partial charge in [-0.2, -0.15) is 0 Å². The largest absolute Gasteiger partial charge is 0.476 e. The van der Waals surface area contributed by atoms with Crippen LogP contribution in [0.15, 0.2) is 17.0 Å². The highest BCUT2D eigenvalue weighted by Gasteiger charge is 2.16. The van der Waals surface area contributed by atoms with E-state index in [1.54, 1.807) is 6.20 Å². The average Bonchev–Trinajstić information content (AvgIpc) is 2.86. The van der Waals surface area contributed by atoms with Crippen molar-refractivity contribution in [3.63, 3.8) is 0 Å². The molecule has 0 unspecified atom stereocenters. The van der Waals surface area contributed by atoms with Crippen molar-refractivity contribution in [1.82, 2.24) is 25.3 Å². The number of aromatic nitrogens is 5. The highest BCUT2D eigenvalue weighted by atomic mass is 16.6. The molecule has 0 aromatic carbocycles. The lowest BCUT2D eigenvalue weighted by Gasteiger charge is -2.00. The molecule has 0 saturated heterocycles. The molecule has 2 rings (SSSR count). The molecule has 2 aromatic rings. The molecule has 2 N–H and O–H groups in total. The Hall–Kier alpha value is -2.45. The summed E-state index contributed by atoms with van der Waals surface area (Å²) in [6.45, 7) is 0.231. The van der Waals surface area contributed by atoms with Gasteiger partial charge in [0.15, 0.2) is 0 Å². The zero-order valence-electron chi connectivity index (χ0n) is 7.36. The van der Waals surface area contributed by atoms with Gasteiger partial charge in [-0.1, -0.05) is 5.21 Å². The Balaban J connectivity index is 2.05. The van der Waals surface area contributed by atoms with Crippen molar-refractivity contribution in [2.45, 2.75) is 6.67 Å². The average molecular weight is 210 g/mol. The number of carbonyl (C=O) groups is 1. The zero-order chi connectivity index (χ0) is 10.7. The van der Waals surface area contributed by atoms with Crippen LogP contribution in [-0.2, 0) is 6.67 Å². The molecule has 0 bridgehead atoms. The van der Waals surface area contributed by atoms with Crippen LogP contribution in [0.2, 0.25) is 0 Å². The van der Waals surface area contributed by atoms with Gasteiger partial charge in [0.1, 0.15) is 6.67 Å². The van der Waals surface area contributed by atoms with E-state index in [0.717, 1.165) is 0 Å². The topological polar surface area (TPSA) is 119 Å². The highest BCUT2D eigenvalue weighted by Crippen LogP contribution is 2.08. The van der Waals surface area contributed by atoms with Crippen LogP contribution in [-0.4, -0.2) is 36.4 Å². The molecule has 0 aliphatic rings. The van der Waals surface area contributed by atoms with Gasteiger partial charge in [-0.05, 0) is 10.3 Å². The minimum absolute atomic E-state index is 0.0537. The van der Waals surface area contributed by atoms with E-state index in [1.807, 2.05) is 0 Å². The van der Waals surface area contributed by atoms with Gasteiger partial charge in [0.2, 0.25) is 11.5 Å². The Labute approximate surface area is 82.7 Å². The summed E-state index contributed by atoms with van der Waals surface area (Å²) >= 11 is 0. The number of carboxylic acids is 1. The van der Waals surface area contributed by atoms with Gasteiger partial charge in [0, 0.05) is 6.20 Å². The first-order valence-electron chi connectivity index (χ1n) is 3.91. The predicted molar refractivity (Wildman–Crippen MR) is 44.9 cm³/mol. The molecular weight excluding hydrogens is 204 g/mol. The fourth-order valence-electron chi connectivity index (χ4n) is 0.918. The van der Waals surface area contributed by atoms with Crippen molar-refractivity contribution in [2.24, 2.45) is 0 Å². The van der Waals surface area contributed by atoms with Crippen LogP contribution >= 0.6 is 0 Å². The first kappa shape index (κ1) is 9.12. The van der Waals surface area contributed by atoms with Gasteiger partial charge in [-0.25, -0.2) is 14.1 Å². The second kappa shape index (κ2) is 3.74. The van der Waals surface area contributed by atoms with E-state index in [9.17, 15) is 4.79 Å². The standard InChI is InChI=1S/C6H6N6O3/c13-6(14)4-5(10-15-9-4)7-3-12-2-1-8-11-12/h1-2H,3H2,(H,7,10)(H,13,14). The Morgan fingerprint density at radius 1 is 1.60 bits per heavy atom. The maximum Gasteiger partial charge on any atom is 0.362 e. The third-order valence-corrected chi connectivity index (χ3v) is 1.57. The number of aromatic carboxylic acids is 1. The van der Waals surface area contributed by atoms with E-state index in [-0.39, 0.29) is 18.2 Å². The maximum atomic E-state index is 10.6. The Bertz CT molecular complexity index is 449. The van der Waals surface area contributed by atoms with Crippen LogP contribution in [0, 0.1) is 0 Å². The van der Waals surface area contributed by atoms with E-state index < -0.39 is 5.97 Å². The summed E-state index contributed by atoms with van der Waals surface area (Å²) in [6, 6.07) is 0. The zero-order valence-corrected chi connectivity index (χ0v) is 7.36. The quantitative estimate of drug-likeness (QED) is 0.688. The lowest BCUT2D eigenvalue weighted by atomic mass is 10.4. The number of hydrogen-bond donors (Lipinski definition) is 2. The van der Waals surface area contributed by atoms with Crippen molar-refractivity contribution in [3.05, 3.63) is 18.1 Å². The minimum atomic E-state index is -1.21. The van der Waals surface area contributed by atoms with Crippen molar-refractivity contribution >= 4 is 11.8 Å². The molecule has 15 heavy (non-hydrogen) atoms. The van der Waals surface area contributed by atoms with Crippen molar-refractivity contribution in [1.29, 1.82) is 0 Å². The minimum Gasteiger partial charge on any atom is -0.476 e. The van der Waals surface area contributed by atoms with E-state index in [4.69, 9.17) is 5.11 Å². The van der Waals surface area contributed by atoms with E-state index in [2.05, 4.69) is 30.6 Å². The summed E-state index contributed by atoms with van der Waals surface area (Å²) in [6.07, 6.45) is 3.11. The van der Waals surface area contributed by atoms with Gasteiger partial charge in [0.05, 0.1) is 6.20 Å². The number of rotatable bonds is 4. The molecule has 0 atom stereocenters. The molecule has 0 fully saturated rings. The second-order valence-electron chi connectivity index (χ2n) is 2.54. The molecule has 0 spiro atoms. The third kappa shape index (κ3) is 1.90. The molecule has 2 aromatic heterocycles. The van der Waals surface area contributed by atoms with Crippen LogP contribution in [0.25, 0.3) is 0 Å². The third-order valence-electron chi connectivity index (χ3n) is 1.57. The van der Waals surface area contributed by atoms with Crippen molar-refractivity contribution in [2.75, 3.05) is 5.32 Å². The van der Waals surface area contributed by atoms with E-state index in [1.165, 1.54) is 10.9 Å². The lowest BCUT2D eigenvalue weighted by Crippen LogP contribution is -2.11. The fourth-order valence-corrected chi connectivity index (χ4v) is 0.918. The lowest BCUT2D eigenvalue weighted by molar-refractivity contribution is 0.0685. The van der Waals surface area contributed by atoms with Crippen LogP contribution < -0.4 is 5.32 Å². The highest BCUT2D eigenvalue weighted by molar-refractivity contribution is 5.90. The van der Waals surface area contributed by atoms with Crippen LogP contribution in [0.1, 0.15) is 10.5 Å². The number of hydrogen-bond acceptors (Lipinski definition) is 7. The summed E-state index contributed by atoms with van der Waals surface area (Å²) in [4.78, 5) is 10.6. The molecule has 0 aliphatic carbocycles. The van der Waals surface area contributed by atoms with Crippen LogP contribution in [0.5, 0.6) is 0 Å². The first-order chi connectivity index (χ1) is 7.27. The van der Waals surface area contributed by atoms with Gasteiger partial charge in [0.25, 0.3) is 0 Å². The van der Waals surface area contributed by atoms with Crippen LogP contribution in [0.4, 0.5) is 5.82 Å². The van der Waals surface area contributed by atoms with Gasteiger partial charge in [-0.15, -0.1) is 5.10 Å². The number of nitrogens with zero attached hydrogens (tertiary/aromatic N) is 5. The molecular formula is C6H6N6O3. The Morgan fingerprint density at radius 3 is 3.13 bits per heavy atom. The van der Waals surface area contributed by atoms with Gasteiger partial charge < -0.3 is 10.4 Å². The summed E-state index contributed by atoms with van der Waals surface area (Å²) in [5.41, 5.74) is -0.268. The molecule has 0 aliphatic heterocycles. The molecule has 0 amide bonds. The molecule has 0 radical (unpaired) electrons. The SMILES string of the molecule is O=C(O)c1nonc1NCn1ccnn1. The molecule has 9 nitrogen and oxygen atoms in total. The molecule has 78 valence electrons. The van der Waals surface area contributed by atoms with Crippen LogP contribution in [0.3, 0.4) is 0 Å². The van der Waals surface area contributed by atoms with E-state index in [0.29, 0.717) is 0 Å². The monoisotopic (exact) mass is 210 g/mol.